The van der Waals surface area contributed by atoms with Gasteiger partial charge < -0.3 is 20.4 Å². The number of hydrogen-bond donors (Lipinski definition) is 2. The normalized spacial score (nSPS) is 25.9. The summed E-state index contributed by atoms with van der Waals surface area (Å²) in [6.07, 6.45) is 10.1. The van der Waals surface area contributed by atoms with Crippen LogP contribution in [0.2, 0.25) is 0 Å². The highest BCUT2D eigenvalue weighted by Gasteiger charge is 2.46. The molecule has 3 amide bonds. The number of likely N-dealkylation sites (tertiary alicyclic amines) is 1. The SMILES string of the molecule is CCC1CCCCN1CCCNC(=O)c1cc2n(n1)CC(C)(C(=O)NC1CCCC1)N(C)C2=O. The van der Waals surface area contributed by atoms with Crippen molar-refractivity contribution in [1.82, 2.24) is 30.2 Å². The van der Waals surface area contributed by atoms with E-state index in [4.69, 9.17) is 0 Å². The summed E-state index contributed by atoms with van der Waals surface area (Å²) in [5.41, 5.74) is -0.476. The van der Waals surface area contributed by atoms with Crippen LogP contribution in [0.1, 0.15) is 92.6 Å². The molecule has 1 aromatic heterocycles. The van der Waals surface area contributed by atoms with Gasteiger partial charge in [-0.1, -0.05) is 26.2 Å². The lowest BCUT2D eigenvalue weighted by Gasteiger charge is -2.41. The Morgan fingerprint density at radius 2 is 1.91 bits per heavy atom. The van der Waals surface area contributed by atoms with Gasteiger partial charge in [0.05, 0.1) is 6.54 Å². The molecule has 188 valence electrons. The Balaban J connectivity index is 1.34. The van der Waals surface area contributed by atoms with Gasteiger partial charge in [-0.25, -0.2) is 0 Å². The van der Waals surface area contributed by atoms with Gasteiger partial charge >= 0.3 is 0 Å². The summed E-state index contributed by atoms with van der Waals surface area (Å²) in [6.45, 7) is 6.93. The minimum Gasteiger partial charge on any atom is -0.351 e. The van der Waals surface area contributed by atoms with Crippen LogP contribution in [0.25, 0.3) is 0 Å². The second-order valence-corrected chi connectivity index (χ2v) is 10.4. The first kappa shape index (κ1) is 24.7. The molecule has 3 heterocycles. The van der Waals surface area contributed by atoms with Crippen LogP contribution < -0.4 is 10.6 Å². The molecule has 1 aromatic rings. The number of likely N-dealkylation sites (N-methyl/N-ethyl adjacent to an activating group) is 1. The number of amides is 3. The van der Waals surface area contributed by atoms with Crippen LogP contribution in [0.5, 0.6) is 0 Å². The zero-order valence-corrected chi connectivity index (χ0v) is 20.9. The van der Waals surface area contributed by atoms with Gasteiger partial charge in [0.2, 0.25) is 5.91 Å². The molecular formula is C25H40N6O3. The number of carbonyl (C=O) groups is 3. The van der Waals surface area contributed by atoms with E-state index in [1.165, 1.54) is 35.3 Å². The molecule has 2 aliphatic heterocycles. The van der Waals surface area contributed by atoms with Gasteiger partial charge in [-0.05, 0) is 52.0 Å². The molecule has 2 unspecified atom stereocenters. The van der Waals surface area contributed by atoms with Gasteiger partial charge in [0.1, 0.15) is 11.2 Å². The number of aromatic nitrogens is 2. The highest BCUT2D eigenvalue weighted by molar-refractivity contribution is 6.01. The lowest BCUT2D eigenvalue weighted by molar-refractivity contribution is -0.133. The minimum atomic E-state index is -1.04. The molecule has 4 rings (SSSR count). The highest BCUT2D eigenvalue weighted by atomic mass is 16.2. The summed E-state index contributed by atoms with van der Waals surface area (Å²) in [4.78, 5) is 42.9. The number of fused-ring (bicyclic) bond motifs is 1. The molecule has 2 N–H and O–H groups in total. The first-order chi connectivity index (χ1) is 16.3. The van der Waals surface area contributed by atoms with Gasteiger partial charge in [-0.3, -0.25) is 19.1 Å². The molecule has 3 aliphatic rings. The first-order valence-corrected chi connectivity index (χ1v) is 13.0. The van der Waals surface area contributed by atoms with Crippen molar-refractivity contribution in [2.24, 2.45) is 0 Å². The van der Waals surface area contributed by atoms with Crippen LogP contribution in [0, 0.1) is 0 Å². The maximum atomic E-state index is 13.1. The molecule has 1 saturated carbocycles. The molecule has 1 aliphatic carbocycles. The van der Waals surface area contributed by atoms with Crippen molar-refractivity contribution < 1.29 is 14.4 Å². The summed E-state index contributed by atoms with van der Waals surface area (Å²) in [5.74, 6) is -0.733. The smallest absolute Gasteiger partial charge is 0.272 e. The Morgan fingerprint density at radius 3 is 2.65 bits per heavy atom. The van der Waals surface area contributed by atoms with Crippen LogP contribution in [-0.2, 0) is 11.3 Å². The molecule has 0 spiro atoms. The molecule has 2 atom stereocenters. The molecule has 0 aromatic carbocycles. The third kappa shape index (κ3) is 4.99. The number of carbonyl (C=O) groups excluding carboxylic acids is 3. The second kappa shape index (κ2) is 10.5. The largest absolute Gasteiger partial charge is 0.351 e. The van der Waals surface area contributed by atoms with Crippen LogP contribution in [0.15, 0.2) is 6.07 Å². The lowest BCUT2D eigenvalue weighted by atomic mass is 9.95. The third-order valence-corrected chi connectivity index (χ3v) is 8.04. The standard InChI is InChI=1S/C25H40N6O3/c1-4-19-12-7-8-14-30(19)15-9-13-26-22(32)20-16-21-23(33)29(3)25(2,17-31(21)28-20)24(34)27-18-10-5-6-11-18/h16,18-19H,4-15,17H2,1-3H3,(H,26,32)(H,27,34). The van der Waals surface area contributed by atoms with Crippen LogP contribution in [-0.4, -0.2) is 81.6 Å². The summed E-state index contributed by atoms with van der Waals surface area (Å²) in [5, 5.41) is 10.5. The zero-order chi connectivity index (χ0) is 24.3. The Kier molecular flexibility index (Phi) is 7.60. The fourth-order valence-corrected chi connectivity index (χ4v) is 5.64. The molecule has 9 heteroatoms. The first-order valence-electron chi connectivity index (χ1n) is 13.0. The van der Waals surface area contributed by atoms with Gasteiger partial charge in [0, 0.05) is 38.3 Å². The average molecular weight is 473 g/mol. The fraction of sp³-hybridized carbons (Fsp3) is 0.760. The third-order valence-electron chi connectivity index (χ3n) is 8.04. The van der Waals surface area contributed by atoms with E-state index in [0.717, 1.165) is 45.2 Å². The highest BCUT2D eigenvalue weighted by Crippen LogP contribution is 2.27. The molecule has 34 heavy (non-hydrogen) atoms. The topological polar surface area (TPSA) is 99.6 Å². The van der Waals surface area contributed by atoms with Crippen LogP contribution in [0.4, 0.5) is 0 Å². The Hall–Kier alpha value is -2.42. The Labute approximate surface area is 202 Å². The second-order valence-electron chi connectivity index (χ2n) is 10.4. The van der Waals surface area contributed by atoms with Gasteiger partial charge in [-0.2, -0.15) is 5.10 Å². The molecule has 1 saturated heterocycles. The number of piperidine rings is 1. The van der Waals surface area contributed by atoms with Crippen molar-refractivity contribution in [2.45, 2.75) is 95.8 Å². The number of nitrogens with one attached hydrogen (secondary N) is 2. The Bertz CT molecular complexity index is 908. The predicted molar refractivity (Wildman–Crippen MR) is 130 cm³/mol. The fourth-order valence-electron chi connectivity index (χ4n) is 5.64. The summed E-state index contributed by atoms with van der Waals surface area (Å²) >= 11 is 0. The van der Waals surface area contributed by atoms with E-state index in [0.29, 0.717) is 18.3 Å². The minimum absolute atomic E-state index is 0.162. The molecule has 0 radical (unpaired) electrons. The van der Waals surface area contributed by atoms with E-state index in [-0.39, 0.29) is 36.0 Å². The molecule has 2 fully saturated rings. The van der Waals surface area contributed by atoms with Crippen LogP contribution in [0.3, 0.4) is 0 Å². The molecule has 9 nitrogen and oxygen atoms in total. The van der Waals surface area contributed by atoms with Gasteiger partial charge in [-0.15, -0.1) is 0 Å². The van der Waals surface area contributed by atoms with E-state index in [1.54, 1.807) is 20.0 Å². The summed E-state index contributed by atoms with van der Waals surface area (Å²) < 4.78 is 1.52. The van der Waals surface area contributed by atoms with Crippen molar-refractivity contribution in [1.29, 1.82) is 0 Å². The molecular weight excluding hydrogens is 432 g/mol. The number of hydrogen-bond acceptors (Lipinski definition) is 5. The van der Waals surface area contributed by atoms with Crippen LogP contribution >= 0.6 is 0 Å². The van der Waals surface area contributed by atoms with Gasteiger partial charge in [0.25, 0.3) is 11.8 Å². The maximum Gasteiger partial charge on any atom is 0.272 e. The van der Waals surface area contributed by atoms with Gasteiger partial charge in [0.15, 0.2) is 5.69 Å². The zero-order valence-electron chi connectivity index (χ0n) is 20.9. The quantitative estimate of drug-likeness (QED) is 0.565. The Morgan fingerprint density at radius 1 is 1.18 bits per heavy atom. The number of nitrogens with zero attached hydrogens (tertiary/aromatic N) is 4. The van der Waals surface area contributed by atoms with E-state index in [9.17, 15) is 14.4 Å². The average Bonchev–Trinajstić information content (AvgIpc) is 3.50. The van der Waals surface area contributed by atoms with Crippen molar-refractivity contribution in [2.75, 3.05) is 26.7 Å². The molecule has 0 bridgehead atoms. The predicted octanol–water partition coefficient (Wildman–Crippen LogP) is 2.17. The summed E-state index contributed by atoms with van der Waals surface area (Å²) in [7, 11) is 1.65. The van der Waals surface area contributed by atoms with E-state index in [1.807, 2.05) is 0 Å². The van der Waals surface area contributed by atoms with Crippen molar-refractivity contribution in [3.63, 3.8) is 0 Å². The van der Waals surface area contributed by atoms with E-state index in [2.05, 4.69) is 27.6 Å². The van der Waals surface area contributed by atoms with E-state index < -0.39 is 5.54 Å². The van der Waals surface area contributed by atoms with Crippen molar-refractivity contribution in [3.05, 3.63) is 17.5 Å². The summed E-state index contributed by atoms with van der Waals surface area (Å²) in [6, 6.07) is 2.37. The van der Waals surface area contributed by atoms with Crippen molar-refractivity contribution in [3.8, 4) is 0 Å². The maximum absolute atomic E-state index is 13.1. The monoisotopic (exact) mass is 472 g/mol. The van der Waals surface area contributed by atoms with E-state index >= 15 is 0 Å². The lowest BCUT2D eigenvalue weighted by Crippen LogP contribution is -2.63. The number of rotatable bonds is 8. The van der Waals surface area contributed by atoms with Crippen molar-refractivity contribution >= 4 is 17.7 Å².